The molecule has 140 valence electrons. The van der Waals surface area contributed by atoms with E-state index in [4.69, 9.17) is 4.74 Å². The van der Waals surface area contributed by atoms with Crippen molar-refractivity contribution in [1.29, 1.82) is 0 Å². The van der Waals surface area contributed by atoms with Gasteiger partial charge in [-0.15, -0.1) is 0 Å². The second kappa shape index (κ2) is 7.47. The SMILES string of the molecule is O=c1ncn(Cc2ccc(F)cc2F)c2ccc(Oc3ncccc3Br)cc12. The van der Waals surface area contributed by atoms with Crippen LogP contribution in [0.4, 0.5) is 8.78 Å². The van der Waals surface area contributed by atoms with E-state index >= 15 is 0 Å². The van der Waals surface area contributed by atoms with Crippen LogP contribution < -0.4 is 10.3 Å². The topological polar surface area (TPSA) is 57.0 Å². The van der Waals surface area contributed by atoms with E-state index in [0.717, 1.165) is 6.07 Å². The van der Waals surface area contributed by atoms with Crippen molar-refractivity contribution in [3.63, 3.8) is 0 Å². The molecule has 8 heteroatoms. The number of aromatic nitrogens is 3. The molecule has 5 nitrogen and oxygen atoms in total. The molecule has 0 atom stereocenters. The molecule has 4 aromatic rings. The molecule has 2 aromatic carbocycles. The smallest absolute Gasteiger partial charge is 0.280 e. The van der Waals surface area contributed by atoms with Gasteiger partial charge < -0.3 is 9.30 Å². The molecule has 0 aliphatic rings. The van der Waals surface area contributed by atoms with Crippen LogP contribution in [0.3, 0.4) is 0 Å². The number of benzene rings is 2. The quantitative estimate of drug-likeness (QED) is 0.459. The first kappa shape index (κ1) is 18.2. The summed E-state index contributed by atoms with van der Waals surface area (Å²) >= 11 is 3.35. The first-order valence-corrected chi connectivity index (χ1v) is 9.02. The van der Waals surface area contributed by atoms with Crippen molar-refractivity contribution >= 4 is 26.8 Å². The van der Waals surface area contributed by atoms with Gasteiger partial charge in [-0.3, -0.25) is 4.79 Å². The van der Waals surface area contributed by atoms with Crippen LogP contribution in [0.5, 0.6) is 11.6 Å². The number of hydrogen-bond acceptors (Lipinski definition) is 4. The summed E-state index contributed by atoms with van der Waals surface area (Å²) in [6.07, 6.45) is 2.93. The molecule has 0 aliphatic heterocycles. The maximum atomic E-state index is 14.0. The zero-order valence-corrected chi connectivity index (χ0v) is 15.9. The fourth-order valence-corrected chi connectivity index (χ4v) is 3.11. The summed E-state index contributed by atoms with van der Waals surface area (Å²) in [5, 5.41) is 0.314. The Morgan fingerprint density at radius 2 is 1.93 bits per heavy atom. The minimum absolute atomic E-state index is 0.0991. The van der Waals surface area contributed by atoms with Gasteiger partial charge in [-0.2, -0.15) is 4.98 Å². The summed E-state index contributed by atoms with van der Waals surface area (Å²) < 4.78 is 35.1. The predicted octanol–water partition coefficient (Wildman–Crippen LogP) is 4.67. The highest BCUT2D eigenvalue weighted by Crippen LogP contribution is 2.28. The molecular formula is C20H12BrF2N3O2. The van der Waals surface area contributed by atoms with E-state index in [1.165, 1.54) is 18.5 Å². The molecule has 0 radical (unpaired) electrons. The van der Waals surface area contributed by atoms with E-state index in [9.17, 15) is 13.6 Å². The lowest BCUT2D eigenvalue weighted by Gasteiger charge is -2.12. The molecule has 0 saturated heterocycles. The number of fused-ring (bicyclic) bond motifs is 1. The standard InChI is InChI=1S/C20H12BrF2N3O2/c21-16-2-1-7-24-20(16)28-14-5-6-18-15(9-14)19(27)25-11-26(18)10-12-3-4-13(22)8-17(12)23/h1-9,11H,10H2. The van der Waals surface area contributed by atoms with Crippen molar-refractivity contribution in [3.05, 3.63) is 93.1 Å². The zero-order valence-electron chi connectivity index (χ0n) is 14.3. The molecule has 2 heterocycles. The molecule has 0 bridgehead atoms. The minimum Gasteiger partial charge on any atom is -0.438 e. The molecule has 0 aliphatic carbocycles. The summed E-state index contributed by atoms with van der Waals surface area (Å²) in [6.45, 7) is 0.0991. The van der Waals surface area contributed by atoms with Crippen LogP contribution in [0, 0.1) is 11.6 Å². The van der Waals surface area contributed by atoms with Gasteiger partial charge in [-0.1, -0.05) is 6.07 Å². The Morgan fingerprint density at radius 3 is 2.71 bits per heavy atom. The number of nitrogens with zero attached hydrogens (tertiary/aromatic N) is 3. The largest absolute Gasteiger partial charge is 0.438 e. The van der Waals surface area contributed by atoms with E-state index in [2.05, 4.69) is 25.9 Å². The third-order valence-corrected chi connectivity index (χ3v) is 4.72. The van der Waals surface area contributed by atoms with Crippen molar-refractivity contribution in [1.82, 2.24) is 14.5 Å². The highest BCUT2D eigenvalue weighted by Gasteiger charge is 2.11. The highest BCUT2D eigenvalue weighted by atomic mass is 79.9. The van der Waals surface area contributed by atoms with Crippen LogP contribution >= 0.6 is 15.9 Å². The highest BCUT2D eigenvalue weighted by molar-refractivity contribution is 9.10. The number of hydrogen-bond donors (Lipinski definition) is 0. The maximum absolute atomic E-state index is 14.0. The first-order valence-electron chi connectivity index (χ1n) is 8.23. The lowest BCUT2D eigenvalue weighted by atomic mass is 10.2. The summed E-state index contributed by atoms with van der Waals surface area (Å²) in [6, 6.07) is 11.8. The monoisotopic (exact) mass is 443 g/mol. The molecule has 4 rings (SSSR count). The lowest BCUT2D eigenvalue weighted by molar-refractivity contribution is 0.460. The Bertz CT molecular complexity index is 1240. The fraction of sp³-hybridized carbons (Fsp3) is 0.0500. The number of rotatable bonds is 4. The average molecular weight is 444 g/mol. The Kier molecular flexibility index (Phi) is 4.87. The molecule has 0 N–H and O–H groups in total. The van der Waals surface area contributed by atoms with E-state index in [1.807, 2.05) is 0 Å². The van der Waals surface area contributed by atoms with Gasteiger partial charge in [-0.05, 0) is 52.3 Å². The Balaban J connectivity index is 1.73. The molecule has 0 saturated carbocycles. The molecule has 2 aromatic heterocycles. The van der Waals surface area contributed by atoms with Gasteiger partial charge in [0.1, 0.15) is 17.4 Å². The van der Waals surface area contributed by atoms with Gasteiger partial charge in [0.15, 0.2) is 0 Å². The van der Waals surface area contributed by atoms with Crippen molar-refractivity contribution in [2.45, 2.75) is 6.54 Å². The first-order chi connectivity index (χ1) is 13.5. The second-order valence-corrected chi connectivity index (χ2v) is 6.84. The van der Waals surface area contributed by atoms with Gasteiger partial charge >= 0.3 is 0 Å². The van der Waals surface area contributed by atoms with Crippen molar-refractivity contribution in [3.8, 4) is 11.6 Å². The van der Waals surface area contributed by atoms with E-state index in [-0.39, 0.29) is 12.1 Å². The van der Waals surface area contributed by atoms with Crippen LogP contribution in [-0.4, -0.2) is 14.5 Å². The van der Waals surface area contributed by atoms with E-state index in [1.54, 1.807) is 41.1 Å². The summed E-state index contributed by atoms with van der Waals surface area (Å²) in [5.74, 6) is -0.533. The molecule has 0 unspecified atom stereocenters. The van der Waals surface area contributed by atoms with Crippen LogP contribution in [0.2, 0.25) is 0 Å². The summed E-state index contributed by atoms with van der Waals surface area (Å²) in [7, 11) is 0. The van der Waals surface area contributed by atoms with Gasteiger partial charge in [0.05, 0.1) is 28.2 Å². The maximum Gasteiger partial charge on any atom is 0.280 e. The average Bonchev–Trinajstić information content (AvgIpc) is 2.68. The van der Waals surface area contributed by atoms with Crippen LogP contribution in [0.1, 0.15) is 5.56 Å². The molecule has 28 heavy (non-hydrogen) atoms. The Labute approximate surface area is 166 Å². The van der Waals surface area contributed by atoms with Crippen LogP contribution in [-0.2, 0) is 6.54 Å². The van der Waals surface area contributed by atoms with Crippen LogP contribution in [0.25, 0.3) is 10.9 Å². The summed E-state index contributed by atoms with van der Waals surface area (Å²) in [5.41, 5.74) is 0.401. The third-order valence-electron chi connectivity index (χ3n) is 4.12. The molecule has 0 fully saturated rings. The van der Waals surface area contributed by atoms with Crippen molar-refractivity contribution in [2.24, 2.45) is 0 Å². The molecular weight excluding hydrogens is 432 g/mol. The lowest BCUT2D eigenvalue weighted by Crippen LogP contribution is -2.13. The van der Waals surface area contributed by atoms with E-state index in [0.29, 0.717) is 27.0 Å². The second-order valence-electron chi connectivity index (χ2n) is 5.98. The van der Waals surface area contributed by atoms with Crippen LogP contribution in [0.15, 0.2) is 70.3 Å². The molecule has 0 amide bonds. The van der Waals surface area contributed by atoms with Gasteiger partial charge in [0.25, 0.3) is 5.56 Å². The fourth-order valence-electron chi connectivity index (χ4n) is 2.77. The number of halogens is 3. The third kappa shape index (κ3) is 3.63. The normalized spacial score (nSPS) is 11.0. The molecule has 0 spiro atoms. The minimum atomic E-state index is -0.660. The van der Waals surface area contributed by atoms with Gasteiger partial charge in [0, 0.05) is 17.8 Å². The predicted molar refractivity (Wildman–Crippen MR) is 103 cm³/mol. The van der Waals surface area contributed by atoms with Gasteiger partial charge in [0.2, 0.25) is 5.88 Å². The zero-order chi connectivity index (χ0) is 19.7. The Hall–Kier alpha value is -3.13. The summed E-state index contributed by atoms with van der Waals surface area (Å²) in [4.78, 5) is 20.2. The Morgan fingerprint density at radius 1 is 1.07 bits per heavy atom. The number of ether oxygens (including phenoxy) is 1. The van der Waals surface area contributed by atoms with Gasteiger partial charge in [-0.25, -0.2) is 13.8 Å². The van der Waals surface area contributed by atoms with Crippen molar-refractivity contribution in [2.75, 3.05) is 0 Å². The van der Waals surface area contributed by atoms with Crippen molar-refractivity contribution < 1.29 is 13.5 Å². The van der Waals surface area contributed by atoms with E-state index < -0.39 is 17.2 Å². The number of pyridine rings is 1.